The average molecular weight is 482 g/mol. The molecule has 0 saturated heterocycles. The highest BCUT2D eigenvalue weighted by Crippen LogP contribution is 2.49. The van der Waals surface area contributed by atoms with Gasteiger partial charge in [0.15, 0.2) is 0 Å². The molecule has 0 saturated carbocycles. The zero-order chi connectivity index (χ0) is 24.4. The molecule has 0 fully saturated rings. The van der Waals surface area contributed by atoms with Crippen molar-refractivity contribution in [1.82, 2.24) is 5.32 Å². The van der Waals surface area contributed by atoms with E-state index in [1.54, 1.807) is 38.1 Å². The largest absolute Gasteiger partial charge is 0.508 e. The molecule has 2 N–H and O–H groups in total. The summed E-state index contributed by atoms with van der Waals surface area (Å²) in [5, 5.41) is 12.5. The molecule has 188 valence electrons. The Balaban J connectivity index is 2.58. The zero-order valence-corrected chi connectivity index (χ0v) is 21.7. The summed E-state index contributed by atoms with van der Waals surface area (Å²) < 4.78 is 23.6. The van der Waals surface area contributed by atoms with E-state index in [-0.39, 0.29) is 17.8 Å². The van der Waals surface area contributed by atoms with Crippen molar-refractivity contribution in [2.45, 2.75) is 91.4 Å². The highest BCUT2D eigenvalue weighted by molar-refractivity contribution is 7.53. The lowest BCUT2D eigenvalue weighted by Crippen LogP contribution is -2.23. The Morgan fingerprint density at radius 2 is 1.42 bits per heavy atom. The molecule has 0 atom stereocenters. The summed E-state index contributed by atoms with van der Waals surface area (Å²) in [6.45, 7) is 6.41. The first-order valence-corrected chi connectivity index (χ1v) is 14.3. The Morgan fingerprint density at radius 1 is 0.879 bits per heavy atom. The molecule has 0 aliphatic heterocycles. The van der Waals surface area contributed by atoms with Gasteiger partial charge >= 0.3 is 7.60 Å². The Morgan fingerprint density at radius 3 is 1.97 bits per heavy atom. The van der Waals surface area contributed by atoms with Gasteiger partial charge in [-0.15, -0.1) is 0 Å². The minimum absolute atomic E-state index is 0.0365. The van der Waals surface area contributed by atoms with Crippen molar-refractivity contribution in [3.05, 3.63) is 35.5 Å². The molecule has 0 bridgehead atoms. The molecular weight excluding hydrogens is 437 g/mol. The van der Waals surface area contributed by atoms with E-state index in [1.807, 2.05) is 6.08 Å². The number of carbonyl (C=O) groups excluding carboxylic acids is 1. The third kappa shape index (κ3) is 14.3. The molecule has 0 aliphatic carbocycles. The molecule has 33 heavy (non-hydrogen) atoms. The van der Waals surface area contributed by atoms with Gasteiger partial charge < -0.3 is 19.5 Å². The van der Waals surface area contributed by atoms with E-state index >= 15 is 0 Å². The molecule has 0 heterocycles. The van der Waals surface area contributed by atoms with Gasteiger partial charge in [-0.25, -0.2) is 0 Å². The van der Waals surface area contributed by atoms with Gasteiger partial charge in [-0.3, -0.25) is 9.36 Å². The van der Waals surface area contributed by atoms with Gasteiger partial charge in [-0.2, -0.15) is 0 Å². The predicted octanol–water partition coefficient (Wildman–Crippen LogP) is 7.43. The molecular formula is C26H44NO5P. The highest BCUT2D eigenvalue weighted by Gasteiger charge is 2.24. The lowest BCUT2D eigenvalue weighted by molar-refractivity contribution is -0.120. The van der Waals surface area contributed by atoms with Gasteiger partial charge in [-0.1, -0.05) is 70.4 Å². The number of phenols is 1. The van der Waals surface area contributed by atoms with Crippen LogP contribution < -0.4 is 5.32 Å². The molecule has 7 heteroatoms. The number of amides is 1. The highest BCUT2D eigenvalue weighted by atomic mass is 31.2. The Bertz CT molecular complexity index is 723. The number of unbranched alkanes of at least 4 members (excludes halogenated alkanes) is 8. The van der Waals surface area contributed by atoms with E-state index in [0.717, 1.165) is 18.4 Å². The van der Waals surface area contributed by atoms with Gasteiger partial charge in [0, 0.05) is 12.1 Å². The molecule has 1 rings (SSSR count). The maximum absolute atomic E-state index is 12.8. The summed E-state index contributed by atoms with van der Waals surface area (Å²) in [5.74, 6) is 0.144. The first kappa shape index (κ1) is 29.4. The third-order valence-electron chi connectivity index (χ3n) is 5.35. The fraction of sp³-hybridized carbons (Fsp3) is 0.654. The summed E-state index contributed by atoms with van der Waals surface area (Å²) >= 11 is 0. The van der Waals surface area contributed by atoms with Crippen LogP contribution in [0.3, 0.4) is 0 Å². The maximum atomic E-state index is 12.8. The molecule has 1 amide bonds. The summed E-state index contributed by atoms with van der Waals surface area (Å²) in [5.41, 5.74) is 1.51. The van der Waals surface area contributed by atoms with Crippen LogP contribution in [0.4, 0.5) is 0 Å². The minimum atomic E-state index is -3.21. The van der Waals surface area contributed by atoms with Gasteiger partial charge in [0.1, 0.15) is 5.75 Å². The van der Waals surface area contributed by atoms with Crippen molar-refractivity contribution in [1.29, 1.82) is 0 Å². The van der Waals surface area contributed by atoms with E-state index in [0.29, 0.717) is 31.8 Å². The lowest BCUT2D eigenvalue weighted by Gasteiger charge is -2.18. The van der Waals surface area contributed by atoms with E-state index in [4.69, 9.17) is 9.05 Å². The standard InChI is InChI=1S/C26H44NO5P/c1-4-7-8-9-10-11-12-13-14-15-26(29)27-24(22-23-16-18-25(28)19-17-23)20-21-33(30,31-5-2)32-6-3/h16-19,22,28H,4-15,20-21H2,1-3H3,(H,27,29)/b24-22+. The molecule has 0 aromatic heterocycles. The second-order valence-electron chi connectivity index (χ2n) is 8.31. The second-order valence-corrected chi connectivity index (χ2v) is 10.5. The van der Waals surface area contributed by atoms with E-state index in [2.05, 4.69) is 12.2 Å². The predicted molar refractivity (Wildman–Crippen MR) is 136 cm³/mol. The van der Waals surface area contributed by atoms with Crippen LogP contribution >= 0.6 is 7.60 Å². The van der Waals surface area contributed by atoms with E-state index in [1.165, 1.54) is 44.9 Å². The Labute approximate surface area is 200 Å². The summed E-state index contributed by atoms with van der Waals surface area (Å²) in [6.07, 6.45) is 13.7. The van der Waals surface area contributed by atoms with Gasteiger partial charge in [0.2, 0.25) is 5.91 Å². The van der Waals surface area contributed by atoms with E-state index in [9.17, 15) is 14.5 Å². The number of nitrogens with one attached hydrogen (secondary N) is 1. The monoisotopic (exact) mass is 481 g/mol. The number of allylic oxidation sites excluding steroid dienone is 1. The Hall–Kier alpha value is -1.62. The fourth-order valence-corrected chi connectivity index (χ4v) is 5.23. The van der Waals surface area contributed by atoms with Crippen LogP contribution in [0.25, 0.3) is 6.08 Å². The van der Waals surface area contributed by atoms with Crippen molar-refractivity contribution >= 4 is 19.6 Å². The number of aromatic hydroxyl groups is 1. The minimum Gasteiger partial charge on any atom is -0.508 e. The average Bonchev–Trinajstić information content (AvgIpc) is 2.78. The van der Waals surface area contributed by atoms with Crippen LogP contribution in [0.15, 0.2) is 30.0 Å². The van der Waals surface area contributed by atoms with Crippen molar-refractivity contribution in [3.63, 3.8) is 0 Å². The van der Waals surface area contributed by atoms with E-state index < -0.39 is 7.60 Å². The number of rotatable bonds is 19. The van der Waals surface area contributed by atoms with Gasteiger partial charge in [-0.05, 0) is 50.5 Å². The van der Waals surface area contributed by atoms with Crippen molar-refractivity contribution in [2.75, 3.05) is 19.4 Å². The number of hydrogen-bond acceptors (Lipinski definition) is 5. The summed E-state index contributed by atoms with van der Waals surface area (Å²) in [4.78, 5) is 12.6. The first-order chi connectivity index (χ1) is 15.9. The molecule has 1 aromatic carbocycles. The van der Waals surface area contributed by atoms with Crippen LogP contribution in [-0.4, -0.2) is 30.4 Å². The SMILES string of the molecule is CCCCCCCCCCCC(=O)N/C(=C/c1ccc(O)cc1)CCP(=O)(OCC)OCC. The Kier molecular flexibility index (Phi) is 15.9. The molecule has 1 aromatic rings. The molecule has 6 nitrogen and oxygen atoms in total. The van der Waals surface area contributed by atoms with Crippen LogP contribution in [0, 0.1) is 0 Å². The van der Waals surface area contributed by atoms with Crippen LogP contribution in [-0.2, 0) is 18.4 Å². The maximum Gasteiger partial charge on any atom is 0.331 e. The first-order valence-electron chi connectivity index (χ1n) is 12.6. The third-order valence-corrected chi connectivity index (χ3v) is 7.42. The molecule has 0 radical (unpaired) electrons. The number of benzene rings is 1. The normalized spacial score (nSPS) is 12.2. The van der Waals surface area contributed by atoms with Crippen molar-refractivity contribution < 1.29 is 23.5 Å². The van der Waals surface area contributed by atoms with Crippen LogP contribution in [0.2, 0.25) is 0 Å². The van der Waals surface area contributed by atoms with Crippen molar-refractivity contribution in [3.8, 4) is 5.75 Å². The topological polar surface area (TPSA) is 84.9 Å². The second kappa shape index (κ2) is 17.8. The quantitative estimate of drug-likeness (QED) is 0.159. The van der Waals surface area contributed by atoms with Crippen LogP contribution in [0.1, 0.15) is 97.0 Å². The van der Waals surface area contributed by atoms with Gasteiger partial charge in [0.05, 0.1) is 19.4 Å². The molecule has 0 spiro atoms. The smallest absolute Gasteiger partial charge is 0.331 e. The number of hydrogen-bond donors (Lipinski definition) is 2. The van der Waals surface area contributed by atoms with Crippen molar-refractivity contribution in [2.24, 2.45) is 0 Å². The summed E-state index contributed by atoms with van der Waals surface area (Å²) in [7, 11) is -3.21. The lowest BCUT2D eigenvalue weighted by atomic mass is 10.1. The summed E-state index contributed by atoms with van der Waals surface area (Å²) in [6, 6.07) is 6.73. The zero-order valence-electron chi connectivity index (χ0n) is 20.8. The molecule has 0 unspecified atom stereocenters. The van der Waals surface area contributed by atoms with Gasteiger partial charge in [0.25, 0.3) is 0 Å². The fourth-order valence-electron chi connectivity index (χ4n) is 3.60. The number of phenolic OH excluding ortho intramolecular Hbond substituents is 1. The number of carbonyl (C=O) groups is 1. The van der Waals surface area contributed by atoms with Crippen LogP contribution in [0.5, 0.6) is 5.75 Å². The molecule has 0 aliphatic rings.